The maximum Gasteiger partial charge on any atom is 0.220 e. The van der Waals surface area contributed by atoms with Gasteiger partial charge in [-0.25, -0.2) is 0 Å². The number of nitrogen functional groups attached to an aromatic ring is 4. The molecule has 0 aliphatic rings. The number of pyridine rings is 2. The normalized spacial score (nSPS) is 11.2. The molecule has 8 aromatic rings. The Kier molecular flexibility index (Phi) is 24.1. The molecule has 0 fully saturated rings. The van der Waals surface area contributed by atoms with E-state index in [1.807, 2.05) is 36.4 Å². The topological polar surface area (TPSA) is 198 Å². The summed E-state index contributed by atoms with van der Waals surface area (Å²) in [5.74, 6) is 0.126. The zero-order valence-corrected chi connectivity index (χ0v) is 48.9. The first kappa shape index (κ1) is 59.1. The van der Waals surface area contributed by atoms with Gasteiger partial charge in [-0.05, 0) is 111 Å². The Balaban J connectivity index is 0.00000457. The third-order valence-electron chi connectivity index (χ3n) is 13.3. The number of rotatable bonds is 28. The van der Waals surface area contributed by atoms with Crippen LogP contribution in [0.5, 0.6) is 0 Å². The van der Waals surface area contributed by atoms with Crippen molar-refractivity contribution in [3.05, 3.63) is 133 Å². The number of carbonyl (C=O) groups excluding carboxylic acids is 2. The predicted molar refractivity (Wildman–Crippen MR) is 296 cm³/mol. The van der Waals surface area contributed by atoms with Crippen LogP contribution >= 0.6 is 0 Å². The Morgan fingerprint density at radius 3 is 1.15 bits per heavy atom. The summed E-state index contributed by atoms with van der Waals surface area (Å²) < 4.78 is 21.8. The molecule has 0 bridgehead atoms. The fraction of sp³-hybridized carbons (Fsp3) is 0.333. The van der Waals surface area contributed by atoms with Gasteiger partial charge in [0, 0.05) is 174 Å². The molecule has 0 saturated heterocycles. The maximum absolute atomic E-state index is 12.6. The van der Waals surface area contributed by atoms with Crippen molar-refractivity contribution in [2.75, 3.05) is 75.7 Å². The minimum atomic E-state index is 0. The van der Waals surface area contributed by atoms with Crippen molar-refractivity contribution in [3.8, 4) is 22.5 Å². The van der Waals surface area contributed by atoms with Crippen LogP contribution in [-0.4, -0.2) is 64.5 Å². The second-order valence-corrected chi connectivity index (χ2v) is 18.8. The number of amides is 2. The van der Waals surface area contributed by atoms with Crippen molar-refractivity contribution in [2.24, 2.45) is 0 Å². The van der Waals surface area contributed by atoms with Gasteiger partial charge in [0.15, 0.2) is 0 Å². The fourth-order valence-electron chi connectivity index (χ4n) is 9.78. The van der Waals surface area contributed by atoms with Crippen LogP contribution in [0, 0.1) is 0 Å². The van der Waals surface area contributed by atoms with E-state index in [2.05, 4.69) is 117 Å². The summed E-state index contributed by atoms with van der Waals surface area (Å²) in [6.45, 7) is 5.73. The van der Waals surface area contributed by atoms with Crippen LogP contribution < -0.4 is 42.7 Å². The van der Waals surface area contributed by atoms with E-state index < -0.39 is 0 Å². The van der Waals surface area contributed by atoms with Crippen molar-refractivity contribution in [2.45, 2.75) is 77.3 Å². The van der Waals surface area contributed by atoms with E-state index in [9.17, 15) is 9.59 Å². The number of nitrogens with zero attached hydrogens (tertiary/aromatic N) is 2. The molecule has 0 atom stereocenters. The van der Waals surface area contributed by atoms with E-state index in [0.29, 0.717) is 65.6 Å². The van der Waals surface area contributed by atoms with E-state index >= 15 is 0 Å². The summed E-state index contributed by atoms with van der Waals surface area (Å²) in [4.78, 5) is 25.2. The van der Waals surface area contributed by atoms with Crippen LogP contribution in [0.3, 0.4) is 0 Å². The number of anilines is 4. The van der Waals surface area contributed by atoms with Crippen LogP contribution in [0.1, 0.15) is 64.2 Å². The first-order valence-corrected chi connectivity index (χ1v) is 26.0. The van der Waals surface area contributed by atoms with E-state index in [1.54, 1.807) is 0 Å². The number of unbranched alkanes of at least 4 members (excludes halogenated alkanes) is 4. The molecule has 2 aromatic heterocycles. The van der Waals surface area contributed by atoms with Gasteiger partial charge in [0.05, 0.1) is 48.0 Å². The molecule has 6 aromatic carbocycles. The first-order valence-electron chi connectivity index (χ1n) is 26.0. The molecule has 0 spiro atoms. The molecule has 13 nitrogen and oxygen atoms in total. The summed E-state index contributed by atoms with van der Waals surface area (Å²) in [7, 11) is 0. The standard InChI is InChI=1S/C60H70N8O5.2Y/c61-45-21-25-49-51-27-23-47(63)41-55(51)67(59(53(49)39-45)43-15-5-1-6-16-43)31-11-3-9-19-57(69)65-29-13-33-71-35-37-73-38-36-72-34-14-30-66-58(70)20-10-4-12-32-68-56-42-48(64)24-28-52(56)50-26-22-46(62)40-54(50)60(68)44-17-7-2-8-18-44;;/h1-2,5-8,15-18,21-28,39-42,63-64H,3-4,9-14,19-20,29-38,61-62H2,(H2,65,66,69,70);;/p+2. The van der Waals surface area contributed by atoms with Crippen molar-refractivity contribution in [1.82, 2.24) is 10.6 Å². The predicted octanol–water partition coefficient (Wildman–Crippen LogP) is 9.42. The second kappa shape index (κ2) is 30.6. The Morgan fingerprint density at radius 1 is 0.387 bits per heavy atom. The van der Waals surface area contributed by atoms with Crippen LogP contribution in [0.4, 0.5) is 22.7 Å². The summed E-state index contributed by atoms with van der Waals surface area (Å²) in [6.07, 6.45) is 7.72. The molecule has 2 heterocycles. The number of nitrogens with one attached hydrogen (secondary N) is 2. The summed E-state index contributed by atoms with van der Waals surface area (Å²) in [6, 6.07) is 45.3. The van der Waals surface area contributed by atoms with E-state index in [4.69, 9.17) is 37.1 Å². The smallest absolute Gasteiger partial charge is 0.220 e. The van der Waals surface area contributed by atoms with Crippen LogP contribution in [-0.2, 0) is 102 Å². The number of carbonyl (C=O) groups is 2. The van der Waals surface area contributed by atoms with Crippen molar-refractivity contribution < 1.29 is 98.4 Å². The summed E-state index contributed by atoms with van der Waals surface area (Å²) >= 11 is 0. The van der Waals surface area contributed by atoms with Gasteiger partial charge in [-0.2, -0.15) is 9.13 Å². The fourth-order valence-corrected chi connectivity index (χ4v) is 9.78. The largest absolute Gasteiger partial charge is 0.399 e. The quantitative estimate of drug-likeness (QED) is 0.0120. The number of hydrogen-bond donors (Lipinski definition) is 6. The zero-order chi connectivity index (χ0) is 50.8. The molecular weight excluding hydrogens is 1090 g/mol. The minimum absolute atomic E-state index is 0. The first-order chi connectivity index (χ1) is 35.7. The Labute approximate surface area is 491 Å². The van der Waals surface area contributed by atoms with Crippen molar-refractivity contribution in [3.63, 3.8) is 0 Å². The van der Waals surface area contributed by atoms with Crippen molar-refractivity contribution >= 4 is 77.9 Å². The average Bonchev–Trinajstić information content (AvgIpc) is 3.39. The molecule has 10 N–H and O–H groups in total. The number of aromatic nitrogens is 2. The van der Waals surface area contributed by atoms with Crippen LogP contribution in [0.15, 0.2) is 133 Å². The number of ether oxygens (including phenoxy) is 3. The SMILES string of the molecule is Nc1ccc2c(c1)c(-c1ccccc1)[n+](CCCCCC(=O)NCCCOCCOCCOCCCNC(=O)CCCCC[n+]1c(-c3ccccc3)c3cc(N)ccc3c3ccc(N)cc31)c1cc(N)ccc21.[Y].[Y]. The average molecular weight is 1160 g/mol. The Bertz CT molecular complexity index is 2920. The third kappa shape index (κ3) is 16.4. The zero-order valence-electron chi connectivity index (χ0n) is 43.2. The van der Waals surface area contributed by atoms with E-state index in [1.165, 1.54) is 0 Å². The molecule has 2 amide bonds. The van der Waals surface area contributed by atoms with E-state index in [0.717, 1.165) is 153 Å². The molecule has 0 saturated carbocycles. The Morgan fingerprint density at radius 2 is 0.747 bits per heavy atom. The molecule has 0 aliphatic carbocycles. The molecule has 75 heavy (non-hydrogen) atoms. The number of fused-ring (bicyclic) bond motifs is 6. The molecule has 386 valence electrons. The number of benzene rings is 6. The van der Waals surface area contributed by atoms with Crippen LogP contribution in [0.2, 0.25) is 0 Å². The number of aryl methyl sites for hydroxylation is 2. The molecule has 15 heteroatoms. The van der Waals surface area contributed by atoms with Gasteiger partial charge in [-0.15, -0.1) is 0 Å². The summed E-state index contributed by atoms with van der Waals surface area (Å²) in [5, 5.41) is 12.8. The second-order valence-electron chi connectivity index (χ2n) is 18.8. The molecule has 2 radical (unpaired) electrons. The van der Waals surface area contributed by atoms with Gasteiger partial charge in [0.25, 0.3) is 0 Å². The number of nitrogens with two attached hydrogens (primary N) is 4. The number of hydrogen-bond acceptors (Lipinski definition) is 9. The maximum atomic E-state index is 12.6. The Hall–Kier alpha value is -5.11. The third-order valence-corrected chi connectivity index (χ3v) is 13.3. The minimum Gasteiger partial charge on any atom is -0.399 e. The van der Waals surface area contributed by atoms with Crippen LogP contribution in [0.25, 0.3) is 65.9 Å². The van der Waals surface area contributed by atoms with Crippen molar-refractivity contribution in [1.29, 1.82) is 0 Å². The van der Waals surface area contributed by atoms with Gasteiger partial charge >= 0.3 is 0 Å². The molecule has 0 aliphatic heterocycles. The van der Waals surface area contributed by atoms with E-state index in [-0.39, 0.29) is 77.2 Å². The molecule has 8 rings (SSSR count). The molecule has 0 unspecified atom stereocenters. The van der Waals surface area contributed by atoms with Gasteiger partial charge in [0.1, 0.15) is 13.1 Å². The monoisotopic (exact) mass is 1160 g/mol. The summed E-state index contributed by atoms with van der Waals surface area (Å²) in [5.41, 5.74) is 34.8. The molecular formula is C60H72N8O5Y2+2. The van der Waals surface area contributed by atoms with Gasteiger partial charge in [0.2, 0.25) is 34.2 Å². The van der Waals surface area contributed by atoms with Gasteiger partial charge in [-0.1, -0.05) is 48.5 Å². The van der Waals surface area contributed by atoms with Gasteiger partial charge in [-0.3, -0.25) is 9.59 Å². The van der Waals surface area contributed by atoms with Gasteiger partial charge < -0.3 is 47.8 Å².